The van der Waals surface area contributed by atoms with Crippen LogP contribution in [0.4, 0.5) is 0 Å². The molecule has 0 fully saturated rings. The summed E-state index contributed by atoms with van der Waals surface area (Å²) in [5.74, 6) is 0. The first-order chi connectivity index (χ1) is 10.2. The van der Waals surface area contributed by atoms with Crippen molar-refractivity contribution >= 4 is 11.8 Å². The van der Waals surface area contributed by atoms with Crippen molar-refractivity contribution in [3.63, 3.8) is 0 Å². The summed E-state index contributed by atoms with van der Waals surface area (Å²) in [6.45, 7) is 4.33. The average molecular weight is 290 g/mol. The van der Waals surface area contributed by atoms with Crippen LogP contribution in [-0.4, -0.2) is 0 Å². The van der Waals surface area contributed by atoms with Gasteiger partial charge in [-0.15, -0.1) is 0 Å². The predicted molar refractivity (Wildman–Crippen MR) is 91.9 cm³/mol. The maximum atomic E-state index is 2.28. The highest BCUT2D eigenvalue weighted by Crippen LogP contribution is 2.33. The highest BCUT2D eigenvalue weighted by molar-refractivity contribution is 7.99. The molecule has 0 unspecified atom stereocenters. The molecule has 104 valence electrons. The van der Waals surface area contributed by atoms with Crippen LogP contribution in [0.3, 0.4) is 0 Å². The van der Waals surface area contributed by atoms with Crippen molar-refractivity contribution < 1.29 is 0 Å². The van der Waals surface area contributed by atoms with Crippen molar-refractivity contribution in [3.8, 4) is 11.1 Å². The molecular weight excluding hydrogens is 272 g/mol. The molecule has 3 aromatic rings. The maximum Gasteiger partial charge on any atom is 0.0131 e. The third-order valence-corrected chi connectivity index (χ3v) is 4.47. The van der Waals surface area contributed by atoms with Crippen LogP contribution in [0.25, 0.3) is 11.1 Å². The van der Waals surface area contributed by atoms with Crippen LogP contribution < -0.4 is 0 Å². The van der Waals surface area contributed by atoms with Gasteiger partial charge in [-0.1, -0.05) is 60.3 Å². The Bertz CT molecular complexity index is 745. The highest BCUT2D eigenvalue weighted by Gasteiger charge is 2.05. The van der Waals surface area contributed by atoms with E-state index in [2.05, 4.69) is 86.6 Å². The minimum absolute atomic E-state index is 1.28. The topological polar surface area (TPSA) is 0 Å². The van der Waals surface area contributed by atoms with Crippen molar-refractivity contribution in [1.29, 1.82) is 0 Å². The summed E-state index contributed by atoms with van der Waals surface area (Å²) in [6.07, 6.45) is 0. The minimum atomic E-state index is 1.28. The lowest BCUT2D eigenvalue weighted by molar-refractivity contribution is 1.33. The first-order valence-corrected chi connectivity index (χ1v) is 7.94. The van der Waals surface area contributed by atoms with Gasteiger partial charge in [0.2, 0.25) is 0 Å². The summed E-state index contributed by atoms with van der Waals surface area (Å²) >= 11 is 1.82. The Morgan fingerprint density at radius 3 is 2.14 bits per heavy atom. The van der Waals surface area contributed by atoms with E-state index in [0.717, 1.165) is 0 Å². The largest absolute Gasteiger partial charge is 0.0901 e. The SMILES string of the molecule is Cc1cc(Sc2ccccc2)cc(-c2ccccc2C)c1. The third kappa shape index (κ3) is 3.37. The smallest absolute Gasteiger partial charge is 0.0131 e. The molecule has 0 N–H and O–H groups in total. The van der Waals surface area contributed by atoms with Gasteiger partial charge in [0.15, 0.2) is 0 Å². The number of hydrogen-bond donors (Lipinski definition) is 0. The first kappa shape index (κ1) is 14.0. The van der Waals surface area contributed by atoms with Crippen LogP contribution in [0.15, 0.2) is 82.6 Å². The quantitative estimate of drug-likeness (QED) is 0.560. The van der Waals surface area contributed by atoms with Gasteiger partial charge < -0.3 is 0 Å². The van der Waals surface area contributed by atoms with E-state index in [0.29, 0.717) is 0 Å². The zero-order valence-corrected chi connectivity index (χ0v) is 13.2. The summed E-state index contributed by atoms with van der Waals surface area (Å²) in [5, 5.41) is 0. The molecular formula is C20H18S. The molecule has 3 aromatic carbocycles. The molecule has 0 aliphatic rings. The molecule has 0 saturated carbocycles. The molecule has 0 radical (unpaired) electrons. The van der Waals surface area contributed by atoms with Gasteiger partial charge in [0.05, 0.1) is 0 Å². The molecule has 0 aromatic heterocycles. The summed E-state index contributed by atoms with van der Waals surface area (Å²) in [5.41, 5.74) is 5.23. The van der Waals surface area contributed by atoms with Crippen LogP contribution >= 0.6 is 11.8 Å². The molecule has 21 heavy (non-hydrogen) atoms. The van der Waals surface area contributed by atoms with Crippen LogP contribution in [0, 0.1) is 13.8 Å². The van der Waals surface area contributed by atoms with Gasteiger partial charge in [0, 0.05) is 9.79 Å². The lowest BCUT2D eigenvalue weighted by atomic mass is 9.99. The molecule has 1 heteroatoms. The van der Waals surface area contributed by atoms with Crippen LogP contribution in [-0.2, 0) is 0 Å². The summed E-state index contributed by atoms with van der Waals surface area (Å²) < 4.78 is 0. The Balaban J connectivity index is 1.99. The van der Waals surface area contributed by atoms with Crippen molar-refractivity contribution in [2.75, 3.05) is 0 Å². The molecule has 0 bridgehead atoms. The molecule has 0 aliphatic carbocycles. The van der Waals surface area contributed by atoms with Gasteiger partial charge in [0.1, 0.15) is 0 Å². The first-order valence-electron chi connectivity index (χ1n) is 7.13. The van der Waals surface area contributed by atoms with Gasteiger partial charge in [-0.25, -0.2) is 0 Å². The predicted octanol–water partition coefficient (Wildman–Crippen LogP) is 6.12. The molecule has 0 nitrogen and oxygen atoms in total. The van der Waals surface area contributed by atoms with Gasteiger partial charge in [0.25, 0.3) is 0 Å². The second kappa shape index (κ2) is 6.19. The Morgan fingerprint density at radius 1 is 0.667 bits per heavy atom. The van der Waals surface area contributed by atoms with Crippen LogP contribution in [0.1, 0.15) is 11.1 Å². The maximum absolute atomic E-state index is 2.28. The summed E-state index contributed by atoms with van der Waals surface area (Å²) in [6, 6.07) is 25.9. The number of rotatable bonds is 3. The van der Waals surface area contributed by atoms with Gasteiger partial charge in [-0.05, 0) is 60.4 Å². The van der Waals surface area contributed by atoms with E-state index in [-0.39, 0.29) is 0 Å². The van der Waals surface area contributed by atoms with E-state index < -0.39 is 0 Å². The third-order valence-electron chi connectivity index (χ3n) is 3.49. The molecule has 0 spiro atoms. The van der Waals surface area contributed by atoms with Crippen molar-refractivity contribution in [3.05, 3.63) is 83.9 Å². The van der Waals surface area contributed by atoms with E-state index >= 15 is 0 Å². The zero-order valence-electron chi connectivity index (χ0n) is 12.3. The lowest BCUT2D eigenvalue weighted by Crippen LogP contribution is -1.85. The summed E-state index contributed by atoms with van der Waals surface area (Å²) in [7, 11) is 0. The van der Waals surface area contributed by atoms with E-state index in [1.165, 1.54) is 32.0 Å². The normalized spacial score (nSPS) is 10.6. The van der Waals surface area contributed by atoms with E-state index in [9.17, 15) is 0 Å². The van der Waals surface area contributed by atoms with Gasteiger partial charge in [-0.2, -0.15) is 0 Å². The van der Waals surface area contributed by atoms with Crippen molar-refractivity contribution in [2.45, 2.75) is 23.6 Å². The zero-order chi connectivity index (χ0) is 14.7. The van der Waals surface area contributed by atoms with Gasteiger partial charge >= 0.3 is 0 Å². The molecule has 0 saturated heterocycles. The second-order valence-electron chi connectivity index (χ2n) is 5.26. The second-order valence-corrected chi connectivity index (χ2v) is 6.41. The standard InChI is InChI=1S/C20H18S/c1-15-12-17(20-11-7-6-8-16(20)2)14-19(13-15)21-18-9-4-3-5-10-18/h3-14H,1-2H3. The minimum Gasteiger partial charge on any atom is -0.0901 e. The molecule has 0 heterocycles. The van der Waals surface area contributed by atoms with E-state index in [1.807, 2.05) is 11.8 Å². The Hall–Kier alpha value is -1.99. The molecule has 0 atom stereocenters. The highest BCUT2D eigenvalue weighted by atomic mass is 32.2. The van der Waals surface area contributed by atoms with Gasteiger partial charge in [-0.3, -0.25) is 0 Å². The Labute approximate surface area is 130 Å². The van der Waals surface area contributed by atoms with Crippen molar-refractivity contribution in [2.24, 2.45) is 0 Å². The number of benzene rings is 3. The fourth-order valence-electron chi connectivity index (χ4n) is 2.48. The van der Waals surface area contributed by atoms with E-state index in [4.69, 9.17) is 0 Å². The van der Waals surface area contributed by atoms with Crippen LogP contribution in [0.5, 0.6) is 0 Å². The molecule has 3 rings (SSSR count). The fourth-order valence-corrected chi connectivity index (χ4v) is 3.48. The monoisotopic (exact) mass is 290 g/mol. The molecule has 0 aliphatic heterocycles. The average Bonchev–Trinajstić information content (AvgIpc) is 2.48. The number of hydrogen-bond acceptors (Lipinski definition) is 1. The lowest BCUT2D eigenvalue weighted by Gasteiger charge is -2.10. The summed E-state index contributed by atoms with van der Waals surface area (Å²) in [4.78, 5) is 2.57. The van der Waals surface area contributed by atoms with Crippen LogP contribution in [0.2, 0.25) is 0 Å². The fraction of sp³-hybridized carbons (Fsp3) is 0.100. The molecule has 0 amide bonds. The van der Waals surface area contributed by atoms with Crippen molar-refractivity contribution in [1.82, 2.24) is 0 Å². The Kier molecular flexibility index (Phi) is 4.12. The Morgan fingerprint density at radius 2 is 1.38 bits per heavy atom. The number of aryl methyl sites for hydroxylation is 2. The van der Waals surface area contributed by atoms with E-state index in [1.54, 1.807) is 0 Å².